The minimum absolute atomic E-state index is 0.0833. The van der Waals surface area contributed by atoms with E-state index < -0.39 is 0 Å². The third-order valence-electron chi connectivity index (χ3n) is 1.88. The highest BCUT2D eigenvalue weighted by Crippen LogP contribution is 2.15. The Morgan fingerprint density at radius 2 is 1.77 bits per heavy atom. The molecule has 1 aromatic carbocycles. The maximum Gasteiger partial charge on any atom is 0.0569 e. The monoisotopic (exact) mass is 243 g/mol. The molecule has 0 saturated heterocycles. The normalized spacial score (nSPS) is 25.5. The third kappa shape index (κ3) is 4.41. The largest absolute Gasteiger partial charge is 0.393 e. The van der Waals surface area contributed by atoms with E-state index in [1.165, 1.54) is 0 Å². The quantitative estimate of drug-likeness (QED) is 0.732. The van der Waals surface area contributed by atoms with Crippen LogP contribution in [0.4, 0.5) is 0 Å². The fourth-order valence-corrected chi connectivity index (χ4v) is 1.35. The van der Waals surface area contributed by atoms with E-state index in [-0.39, 0.29) is 6.10 Å². The molecule has 0 spiro atoms. The molecule has 2 rings (SSSR count). The van der Waals surface area contributed by atoms with Crippen molar-refractivity contribution >= 4 is 15.9 Å². The van der Waals surface area contributed by atoms with Gasteiger partial charge in [0.1, 0.15) is 0 Å². The van der Waals surface area contributed by atoms with E-state index in [1.807, 2.05) is 30.3 Å². The van der Waals surface area contributed by atoms with Crippen LogP contribution in [-0.4, -0.2) is 17.3 Å². The second kappa shape index (κ2) is 5.37. The number of hydrogen-bond donors (Lipinski definition) is 2. The van der Waals surface area contributed by atoms with Crippen LogP contribution >= 0.6 is 15.9 Å². The third-order valence-corrected chi connectivity index (χ3v) is 2.41. The molecule has 0 bridgehead atoms. The summed E-state index contributed by atoms with van der Waals surface area (Å²) in [7, 11) is 0. The summed E-state index contributed by atoms with van der Waals surface area (Å²) < 4.78 is 1.13. The molecule has 3 N–H and O–H groups in total. The molecule has 2 nitrogen and oxygen atoms in total. The van der Waals surface area contributed by atoms with Crippen LogP contribution in [0.2, 0.25) is 0 Å². The standard InChI is InChI=1S/C6H5Br.C4H9NO/c7-6-4-2-1-3-5-6;5-3-1-4(6)2-3/h1-5H;3-4,6H,1-2,5H2. The Morgan fingerprint density at radius 1 is 1.23 bits per heavy atom. The van der Waals surface area contributed by atoms with Crippen LogP contribution in [0.5, 0.6) is 0 Å². The highest BCUT2D eigenvalue weighted by Gasteiger charge is 2.22. The lowest BCUT2D eigenvalue weighted by Crippen LogP contribution is -2.39. The zero-order valence-electron chi connectivity index (χ0n) is 7.36. The Morgan fingerprint density at radius 3 is 1.92 bits per heavy atom. The Hall–Kier alpha value is -0.380. The van der Waals surface area contributed by atoms with Crippen molar-refractivity contribution < 1.29 is 5.11 Å². The second-order valence-electron chi connectivity index (χ2n) is 3.18. The first-order valence-corrected chi connectivity index (χ1v) is 5.12. The first kappa shape index (κ1) is 10.7. The zero-order chi connectivity index (χ0) is 9.68. The topological polar surface area (TPSA) is 46.2 Å². The Balaban J connectivity index is 0.000000132. The first-order valence-electron chi connectivity index (χ1n) is 4.32. The summed E-state index contributed by atoms with van der Waals surface area (Å²) in [5, 5.41) is 8.54. The van der Waals surface area contributed by atoms with Crippen molar-refractivity contribution in [2.24, 2.45) is 5.73 Å². The van der Waals surface area contributed by atoms with Crippen molar-refractivity contribution in [3.8, 4) is 0 Å². The molecule has 0 radical (unpaired) electrons. The molecule has 0 atom stereocenters. The Labute approximate surface area is 86.9 Å². The molecule has 1 aliphatic carbocycles. The lowest BCUT2D eigenvalue weighted by atomic mass is 9.91. The van der Waals surface area contributed by atoms with Gasteiger partial charge in [-0.3, -0.25) is 0 Å². The van der Waals surface area contributed by atoms with Gasteiger partial charge in [0.2, 0.25) is 0 Å². The summed E-state index contributed by atoms with van der Waals surface area (Å²) in [6, 6.07) is 10.3. The highest BCUT2D eigenvalue weighted by atomic mass is 79.9. The summed E-state index contributed by atoms with van der Waals surface area (Å²) >= 11 is 3.31. The van der Waals surface area contributed by atoms with Gasteiger partial charge in [-0.25, -0.2) is 0 Å². The highest BCUT2D eigenvalue weighted by molar-refractivity contribution is 9.10. The number of benzene rings is 1. The van der Waals surface area contributed by atoms with Gasteiger partial charge in [0.05, 0.1) is 6.10 Å². The number of hydrogen-bond acceptors (Lipinski definition) is 2. The van der Waals surface area contributed by atoms with Gasteiger partial charge in [0.25, 0.3) is 0 Å². The molecule has 3 heteroatoms. The minimum atomic E-state index is -0.0833. The molecule has 1 aromatic rings. The molecule has 0 amide bonds. The summed E-state index contributed by atoms with van der Waals surface area (Å²) in [5.74, 6) is 0. The van der Waals surface area contributed by atoms with Crippen LogP contribution < -0.4 is 5.73 Å². The Kier molecular flexibility index (Phi) is 4.42. The number of nitrogens with two attached hydrogens (primary N) is 1. The number of aliphatic hydroxyl groups excluding tert-OH is 1. The van der Waals surface area contributed by atoms with Crippen molar-refractivity contribution in [1.82, 2.24) is 0 Å². The summed E-state index contributed by atoms with van der Waals surface area (Å²) in [5.41, 5.74) is 5.31. The first-order chi connectivity index (χ1) is 6.18. The van der Waals surface area contributed by atoms with Gasteiger partial charge in [-0.2, -0.15) is 0 Å². The summed E-state index contributed by atoms with van der Waals surface area (Å²) in [6.45, 7) is 0. The maximum absolute atomic E-state index is 8.54. The minimum Gasteiger partial charge on any atom is -0.393 e. The zero-order valence-corrected chi connectivity index (χ0v) is 8.94. The van der Waals surface area contributed by atoms with Crippen LogP contribution in [0.3, 0.4) is 0 Å². The van der Waals surface area contributed by atoms with Crippen molar-refractivity contribution in [3.05, 3.63) is 34.8 Å². The Bertz CT molecular complexity index is 228. The number of halogens is 1. The SMILES string of the molecule is Brc1ccccc1.NC1CC(O)C1. The molecular formula is C10H14BrNO. The van der Waals surface area contributed by atoms with Crippen LogP contribution in [0.15, 0.2) is 34.8 Å². The average Bonchev–Trinajstić information content (AvgIpc) is 2.05. The van der Waals surface area contributed by atoms with Gasteiger partial charge in [-0.05, 0) is 25.0 Å². The average molecular weight is 244 g/mol. The molecular weight excluding hydrogens is 230 g/mol. The molecule has 1 saturated carbocycles. The predicted octanol–water partition coefficient (Wildman–Crippen LogP) is 1.92. The molecule has 1 aliphatic rings. The molecule has 1 fully saturated rings. The fraction of sp³-hybridized carbons (Fsp3) is 0.400. The maximum atomic E-state index is 8.54. The van der Waals surface area contributed by atoms with Crippen molar-refractivity contribution in [2.45, 2.75) is 25.0 Å². The lowest BCUT2D eigenvalue weighted by molar-refractivity contribution is 0.0770. The van der Waals surface area contributed by atoms with Gasteiger partial charge < -0.3 is 10.8 Å². The van der Waals surface area contributed by atoms with E-state index in [0.29, 0.717) is 6.04 Å². The van der Waals surface area contributed by atoms with Gasteiger partial charge in [0.15, 0.2) is 0 Å². The van der Waals surface area contributed by atoms with Crippen molar-refractivity contribution in [3.63, 3.8) is 0 Å². The van der Waals surface area contributed by atoms with E-state index >= 15 is 0 Å². The van der Waals surface area contributed by atoms with E-state index in [4.69, 9.17) is 10.8 Å². The van der Waals surface area contributed by atoms with E-state index in [9.17, 15) is 0 Å². The van der Waals surface area contributed by atoms with Crippen molar-refractivity contribution in [1.29, 1.82) is 0 Å². The fourth-order valence-electron chi connectivity index (χ4n) is 1.04. The van der Waals surface area contributed by atoms with E-state index in [1.54, 1.807) is 0 Å². The summed E-state index contributed by atoms with van der Waals surface area (Å²) in [6.07, 6.45) is 1.53. The van der Waals surface area contributed by atoms with Gasteiger partial charge in [0, 0.05) is 10.5 Å². The van der Waals surface area contributed by atoms with Gasteiger partial charge in [-0.1, -0.05) is 34.1 Å². The van der Waals surface area contributed by atoms with Crippen LogP contribution in [-0.2, 0) is 0 Å². The lowest BCUT2D eigenvalue weighted by Gasteiger charge is -2.26. The molecule has 13 heavy (non-hydrogen) atoms. The molecule has 0 unspecified atom stereocenters. The van der Waals surface area contributed by atoms with Crippen molar-refractivity contribution in [2.75, 3.05) is 0 Å². The smallest absolute Gasteiger partial charge is 0.0569 e. The predicted molar refractivity (Wildman–Crippen MR) is 57.4 cm³/mol. The molecule has 0 aromatic heterocycles. The van der Waals surface area contributed by atoms with E-state index in [0.717, 1.165) is 17.3 Å². The van der Waals surface area contributed by atoms with Crippen LogP contribution in [0.1, 0.15) is 12.8 Å². The summed E-state index contributed by atoms with van der Waals surface area (Å²) in [4.78, 5) is 0. The van der Waals surface area contributed by atoms with Gasteiger partial charge in [-0.15, -0.1) is 0 Å². The van der Waals surface area contributed by atoms with Crippen LogP contribution in [0, 0.1) is 0 Å². The number of aliphatic hydroxyl groups is 1. The molecule has 72 valence electrons. The second-order valence-corrected chi connectivity index (χ2v) is 4.10. The van der Waals surface area contributed by atoms with E-state index in [2.05, 4.69) is 15.9 Å². The molecule has 0 heterocycles. The molecule has 0 aliphatic heterocycles. The van der Waals surface area contributed by atoms with Crippen LogP contribution in [0.25, 0.3) is 0 Å². The van der Waals surface area contributed by atoms with Gasteiger partial charge >= 0.3 is 0 Å². The number of rotatable bonds is 0.